The Bertz CT molecular complexity index is 263. The molecule has 0 amide bonds. The monoisotopic (exact) mass is 211 g/mol. The fraction of sp³-hybridized carbons (Fsp3) is 0.700. The number of rotatable bonds is 3. The summed E-state index contributed by atoms with van der Waals surface area (Å²) in [5, 5.41) is 10.0. The molecule has 4 N–H and O–H groups in total. The van der Waals surface area contributed by atoms with Crippen molar-refractivity contribution in [2.75, 3.05) is 6.54 Å². The molecule has 0 heterocycles. The van der Waals surface area contributed by atoms with Crippen molar-refractivity contribution in [1.29, 1.82) is 5.41 Å². The highest BCUT2D eigenvalue weighted by molar-refractivity contribution is 6.01. The molecule has 0 spiro atoms. The SMILES string of the molecule is CC[C@H](C)CN=C(N)NC(=N)N=C(C)C. The molecule has 0 radical (unpaired) electrons. The second-order valence-corrected chi connectivity index (χ2v) is 3.77. The van der Waals surface area contributed by atoms with E-state index in [1.807, 2.05) is 13.8 Å². The summed E-state index contributed by atoms with van der Waals surface area (Å²) in [7, 11) is 0. The van der Waals surface area contributed by atoms with Crippen LogP contribution in [0.5, 0.6) is 0 Å². The highest BCUT2D eigenvalue weighted by Gasteiger charge is 1.99. The summed E-state index contributed by atoms with van der Waals surface area (Å²) in [6, 6.07) is 0. The largest absolute Gasteiger partial charge is 0.370 e. The van der Waals surface area contributed by atoms with Gasteiger partial charge in [0, 0.05) is 12.3 Å². The first-order valence-electron chi connectivity index (χ1n) is 5.13. The number of aliphatic imine (C=N–C) groups is 2. The highest BCUT2D eigenvalue weighted by atomic mass is 15.2. The van der Waals surface area contributed by atoms with Crippen LogP contribution in [0.2, 0.25) is 0 Å². The Balaban J connectivity index is 4.07. The Morgan fingerprint density at radius 2 is 2.07 bits per heavy atom. The van der Waals surface area contributed by atoms with Crippen LogP contribution in [0.4, 0.5) is 0 Å². The van der Waals surface area contributed by atoms with Crippen LogP contribution in [0.25, 0.3) is 0 Å². The van der Waals surface area contributed by atoms with Crippen LogP contribution in [0, 0.1) is 11.3 Å². The Morgan fingerprint density at radius 3 is 2.53 bits per heavy atom. The second-order valence-electron chi connectivity index (χ2n) is 3.77. The summed E-state index contributed by atoms with van der Waals surface area (Å²) in [6.07, 6.45) is 1.07. The molecule has 5 nitrogen and oxygen atoms in total. The van der Waals surface area contributed by atoms with Crippen LogP contribution in [0.3, 0.4) is 0 Å². The average molecular weight is 211 g/mol. The van der Waals surface area contributed by atoms with Gasteiger partial charge in [0.25, 0.3) is 0 Å². The number of hydrogen-bond acceptors (Lipinski definition) is 2. The number of nitrogens with two attached hydrogens (primary N) is 1. The van der Waals surface area contributed by atoms with Crippen molar-refractivity contribution in [3.8, 4) is 0 Å². The van der Waals surface area contributed by atoms with Gasteiger partial charge in [-0.3, -0.25) is 15.7 Å². The molecule has 0 rings (SSSR count). The second kappa shape index (κ2) is 6.98. The predicted octanol–water partition coefficient (Wildman–Crippen LogP) is 1.35. The van der Waals surface area contributed by atoms with Gasteiger partial charge in [-0.15, -0.1) is 0 Å². The lowest BCUT2D eigenvalue weighted by molar-refractivity contribution is 0.576. The normalized spacial score (nSPS) is 13.2. The van der Waals surface area contributed by atoms with E-state index in [1.165, 1.54) is 0 Å². The van der Waals surface area contributed by atoms with E-state index in [2.05, 4.69) is 29.1 Å². The topological polar surface area (TPSA) is 86.6 Å². The van der Waals surface area contributed by atoms with E-state index in [1.54, 1.807) is 0 Å². The number of nitrogens with one attached hydrogen (secondary N) is 2. The minimum atomic E-state index is 0.0281. The molecule has 0 aromatic heterocycles. The van der Waals surface area contributed by atoms with Crippen LogP contribution in [-0.2, 0) is 0 Å². The van der Waals surface area contributed by atoms with Gasteiger partial charge in [-0.2, -0.15) is 0 Å². The van der Waals surface area contributed by atoms with Crippen molar-refractivity contribution in [2.45, 2.75) is 34.1 Å². The molecule has 1 atom stereocenters. The first-order chi connectivity index (χ1) is 6.95. The molecule has 0 aliphatic rings. The third-order valence-electron chi connectivity index (χ3n) is 1.85. The standard InChI is InChI=1S/C10H21N5/c1-5-8(4)6-13-9(11)15-10(12)14-7(2)3/h8H,5-6H2,1-4H3,(H4,11,12,13,15)/t8-/m0/s1. The lowest BCUT2D eigenvalue weighted by Gasteiger charge is -2.06. The summed E-state index contributed by atoms with van der Waals surface area (Å²) in [5.74, 6) is 0.793. The Kier molecular flexibility index (Phi) is 6.33. The van der Waals surface area contributed by atoms with E-state index in [0.717, 1.165) is 12.1 Å². The fourth-order valence-electron chi connectivity index (χ4n) is 0.796. The van der Waals surface area contributed by atoms with Gasteiger partial charge in [-0.05, 0) is 19.8 Å². The van der Waals surface area contributed by atoms with Gasteiger partial charge in [0.05, 0.1) is 0 Å². The number of guanidine groups is 2. The third-order valence-corrected chi connectivity index (χ3v) is 1.85. The summed E-state index contributed by atoms with van der Waals surface area (Å²) in [4.78, 5) is 8.01. The van der Waals surface area contributed by atoms with Crippen molar-refractivity contribution < 1.29 is 0 Å². The van der Waals surface area contributed by atoms with E-state index in [-0.39, 0.29) is 11.9 Å². The van der Waals surface area contributed by atoms with Gasteiger partial charge in [0.1, 0.15) is 0 Å². The minimum absolute atomic E-state index is 0.0281. The first-order valence-corrected chi connectivity index (χ1v) is 5.13. The van der Waals surface area contributed by atoms with E-state index in [0.29, 0.717) is 12.5 Å². The Hall–Kier alpha value is -1.39. The molecular weight excluding hydrogens is 190 g/mol. The van der Waals surface area contributed by atoms with Crippen molar-refractivity contribution in [1.82, 2.24) is 5.32 Å². The molecule has 0 fully saturated rings. The third kappa shape index (κ3) is 7.66. The fourth-order valence-corrected chi connectivity index (χ4v) is 0.796. The first kappa shape index (κ1) is 13.6. The van der Waals surface area contributed by atoms with E-state index >= 15 is 0 Å². The van der Waals surface area contributed by atoms with Crippen LogP contribution >= 0.6 is 0 Å². The van der Waals surface area contributed by atoms with Crippen LogP contribution in [0.1, 0.15) is 34.1 Å². The lowest BCUT2D eigenvalue weighted by atomic mass is 10.1. The molecule has 86 valence electrons. The predicted molar refractivity (Wildman–Crippen MR) is 65.6 cm³/mol. The maximum atomic E-state index is 7.42. The van der Waals surface area contributed by atoms with E-state index in [9.17, 15) is 0 Å². The van der Waals surface area contributed by atoms with E-state index < -0.39 is 0 Å². The van der Waals surface area contributed by atoms with Crippen LogP contribution < -0.4 is 11.1 Å². The molecule has 0 unspecified atom stereocenters. The molecule has 0 bridgehead atoms. The van der Waals surface area contributed by atoms with Crippen molar-refractivity contribution in [3.05, 3.63) is 0 Å². The van der Waals surface area contributed by atoms with Crippen molar-refractivity contribution >= 4 is 17.6 Å². The molecule has 5 heteroatoms. The number of hydrogen-bond donors (Lipinski definition) is 3. The molecule has 0 aliphatic carbocycles. The zero-order chi connectivity index (χ0) is 11.8. The Labute approximate surface area is 91.4 Å². The summed E-state index contributed by atoms with van der Waals surface area (Å²) >= 11 is 0. The minimum Gasteiger partial charge on any atom is -0.370 e. The zero-order valence-corrected chi connectivity index (χ0v) is 9.96. The smallest absolute Gasteiger partial charge is 0.221 e. The summed E-state index contributed by atoms with van der Waals surface area (Å²) in [6.45, 7) is 8.54. The zero-order valence-electron chi connectivity index (χ0n) is 9.96. The van der Waals surface area contributed by atoms with Crippen LogP contribution in [0.15, 0.2) is 9.98 Å². The molecular formula is C10H21N5. The average Bonchev–Trinajstić information content (AvgIpc) is 2.12. The lowest BCUT2D eigenvalue weighted by Crippen LogP contribution is -2.36. The van der Waals surface area contributed by atoms with E-state index in [4.69, 9.17) is 11.1 Å². The maximum absolute atomic E-state index is 7.42. The van der Waals surface area contributed by atoms with Gasteiger partial charge in [-0.1, -0.05) is 20.3 Å². The maximum Gasteiger partial charge on any atom is 0.221 e. The van der Waals surface area contributed by atoms with Gasteiger partial charge in [-0.25, -0.2) is 4.99 Å². The highest BCUT2D eigenvalue weighted by Crippen LogP contribution is 1.99. The van der Waals surface area contributed by atoms with Gasteiger partial charge >= 0.3 is 0 Å². The van der Waals surface area contributed by atoms with Crippen LogP contribution in [-0.4, -0.2) is 24.2 Å². The van der Waals surface area contributed by atoms with Gasteiger partial charge < -0.3 is 5.73 Å². The molecule has 0 aromatic carbocycles. The van der Waals surface area contributed by atoms with Gasteiger partial charge in [0.2, 0.25) is 5.96 Å². The summed E-state index contributed by atoms with van der Waals surface area (Å²) < 4.78 is 0. The van der Waals surface area contributed by atoms with Gasteiger partial charge in [0.15, 0.2) is 5.96 Å². The summed E-state index contributed by atoms with van der Waals surface area (Å²) in [5.41, 5.74) is 6.39. The molecule has 15 heavy (non-hydrogen) atoms. The van der Waals surface area contributed by atoms with Crippen molar-refractivity contribution in [3.63, 3.8) is 0 Å². The van der Waals surface area contributed by atoms with Crippen molar-refractivity contribution in [2.24, 2.45) is 21.6 Å². The Morgan fingerprint density at radius 1 is 1.47 bits per heavy atom. The molecule has 0 aliphatic heterocycles. The molecule has 0 aromatic rings. The molecule has 0 saturated heterocycles. The molecule has 0 saturated carbocycles. The number of nitrogens with zero attached hydrogens (tertiary/aromatic N) is 2. The quantitative estimate of drug-likeness (QED) is 0.486.